The molecule has 0 heterocycles. The minimum atomic E-state index is -3.87. The number of sulfonamides is 1. The van der Waals surface area contributed by atoms with Crippen molar-refractivity contribution in [3.05, 3.63) is 113 Å². The number of likely N-dealkylation sites (N-methyl/N-ethyl adjacent to an activating group) is 1. The Labute approximate surface area is 240 Å². The van der Waals surface area contributed by atoms with E-state index in [-0.39, 0.29) is 18.9 Å². The molecule has 2 amide bonds. The molecule has 1 N–H and O–H groups in total. The van der Waals surface area contributed by atoms with E-state index in [0.717, 1.165) is 21.5 Å². The standard InChI is InChI=1S/C31H32ClN3O4S/c1-3-33-31(37)29(20-23-12-5-4-6-13-23)34(21-25-15-8-10-18-27(25)32)30(36)22-35(40(2,38)39)28-19-11-16-24-14-7-9-17-26(24)28/h4-19,29H,3,20-22H2,1-2H3,(H,33,37)/t29-/m0/s1. The van der Waals surface area contributed by atoms with E-state index in [1.54, 1.807) is 36.4 Å². The molecule has 0 radical (unpaired) electrons. The van der Waals surface area contributed by atoms with Crippen molar-refractivity contribution in [1.82, 2.24) is 10.2 Å². The Morgan fingerprint density at radius 2 is 1.52 bits per heavy atom. The van der Waals surface area contributed by atoms with Gasteiger partial charge in [-0.25, -0.2) is 8.42 Å². The van der Waals surface area contributed by atoms with Gasteiger partial charge in [0.15, 0.2) is 0 Å². The normalized spacial score (nSPS) is 12.1. The first-order valence-corrected chi connectivity index (χ1v) is 15.2. The first-order chi connectivity index (χ1) is 19.2. The molecule has 0 unspecified atom stereocenters. The van der Waals surface area contributed by atoms with Gasteiger partial charge >= 0.3 is 0 Å². The van der Waals surface area contributed by atoms with Crippen LogP contribution in [0.3, 0.4) is 0 Å². The number of anilines is 1. The van der Waals surface area contributed by atoms with Gasteiger partial charge in [-0.05, 0) is 35.6 Å². The molecule has 40 heavy (non-hydrogen) atoms. The average molecular weight is 578 g/mol. The van der Waals surface area contributed by atoms with Crippen LogP contribution in [0.25, 0.3) is 10.8 Å². The summed E-state index contributed by atoms with van der Waals surface area (Å²) < 4.78 is 27.3. The molecule has 9 heteroatoms. The maximum absolute atomic E-state index is 14.2. The van der Waals surface area contributed by atoms with Gasteiger partial charge < -0.3 is 10.2 Å². The predicted octanol–water partition coefficient (Wildman–Crippen LogP) is 5.04. The van der Waals surface area contributed by atoms with E-state index in [2.05, 4.69) is 5.32 Å². The highest BCUT2D eigenvalue weighted by atomic mass is 35.5. The Morgan fingerprint density at radius 3 is 2.23 bits per heavy atom. The molecule has 208 valence electrons. The maximum Gasteiger partial charge on any atom is 0.244 e. The molecule has 1 atom stereocenters. The van der Waals surface area contributed by atoms with Gasteiger partial charge in [-0.15, -0.1) is 0 Å². The summed E-state index contributed by atoms with van der Waals surface area (Å²) in [5.41, 5.74) is 1.91. The summed E-state index contributed by atoms with van der Waals surface area (Å²) in [5, 5.41) is 4.84. The number of hydrogen-bond donors (Lipinski definition) is 1. The van der Waals surface area contributed by atoms with Crippen molar-refractivity contribution >= 4 is 49.9 Å². The van der Waals surface area contributed by atoms with Gasteiger partial charge in [0.25, 0.3) is 0 Å². The van der Waals surface area contributed by atoms with Crippen molar-refractivity contribution in [2.24, 2.45) is 0 Å². The van der Waals surface area contributed by atoms with Gasteiger partial charge in [-0.1, -0.05) is 96.5 Å². The molecule has 4 rings (SSSR count). The van der Waals surface area contributed by atoms with Crippen molar-refractivity contribution in [3.63, 3.8) is 0 Å². The summed E-state index contributed by atoms with van der Waals surface area (Å²) in [4.78, 5) is 29.0. The lowest BCUT2D eigenvalue weighted by atomic mass is 10.0. The SMILES string of the molecule is CCNC(=O)[C@H](Cc1ccccc1)N(Cc1ccccc1Cl)C(=O)CN(c1cccc2ccccc12)S(C)(=O)=O. The number of halogens is 1. The second-order valence-electron chi connectivity index (χ2n) is 9.48. The van der Waals surface area contributed by atoms with Gasteiger partial charge in [0.05, 0.1) is 11.9 Å². The van der Waals surface area contributed by atoms with Gasteiger partial charge in [0, 0.05) is 29.9 Å². The number of fused-ring (bicyclic) bond motifs is 1. The lowest BCUT2D eigenvalue weighted by Crippen LogP contribution is -2.53. The van der Waals surface area contributed by atoms with Crippen LogP contribution in [-0.4, -0.2) is 50.5 Å². The monoisotopic (exact) mass is 577 g/mol. The lowest BCUT2D eigenvalue weighted by Gasteiger charge is -2.33. The second-order valence-corrected chi connectivity index (χ2v) is 11.8. The van der Waals surface area contributed by atoms with Crippen LogP contribution in [0.2, 0.25) is 5.02 Å². The summed E-state index contributed by atoms with van der Waals surface area (Å²) in [6, 6.07) is 28.3. The summed E-state index contributed by atoms with van der Waals surface area (Å²) in [5.74, 6) is -0.853. The van der Waals surface area contributed by atoms with E-state index >= 15 is 0 Å². The van der Waals surface area contributed by atoms with E-state index in [0.29, 0.717) is 28.2 Å². The number of nitrogens with one attached hydrogen (secondary N) is 1. The maximum atomic E-state index is 14.2. The van der Waals surface area contributed by atoms with Crippen LogP contribution < -0.4 is 9.62 Å². The zero-order valence-electron chi connectivity index (χ0n) is 22.5. The smallest absolute Gasteiger partial charge is 0.244 e. The fraction of sp³-hybridized carbons (Fsp3) is 0.226. The number of nitrogens with zero attached hydrogens (tertiary/aromatic N) is 2. The van der Waals surface area contributed by atoms with E-state index in [1.807, 2.05) is 67.6 Å². The predicted molar refractivity (Wildman–Crippen MR) is 161 cm³/mol. The summed E-state index contributed by atoms with van der Waals surface area (Å²) in [7, 11) is -3.87. The number of carbonyl (C=O) groups is 2. The molecule has 0 aliphatic heterocycles. The highest BCUT2D eigenvalue weighted by Crippen LogP contribution is 2.29. The van der Waals surface area contributed by atoms with Crippen molar-refractivity contribution in [3.8, 4) is 0 Å². The van der Waals surface area contributed by atoms with E-state index < -0.39 is 28.5 Å². The van der Waals surface area contributed by atoms with Crippen LogP contribution in [0.5, 0.6) is 0 Å². The highest BCUT2D eigenvalue weighted by molar-refractivity contribution is 7.92. The number of carbonyl (C=O) groups excluding carboxylic acids is 2. The van der Waals surface area contributed by atoms with Crippen molar-refractivity contribution in [1.29, 1.82) is 0 Å². The van der Waals surface area contributed by atoms with Gasteiger partial charge in [-0.2, -0.15) is 0 Å². The molecule has 4 aromatic rings. The van der Waals surface area contributed by atoms with Crippen LogP contribution in [-0.2, 0) is 32.6 Å². The van der Waals surface area contributed by atoms with Crippen LogP contribution in [0.4, 0.5) is 5.69 Å². The first-order valence-electron chi connectivity index (χ1n) is 13.0. The fourth-order valence-electron chi connectivity index (χ4n) is 4.68. The van der Waals surface area contributed by atoms with Crippen LogP contribution in [0.1, 0.15) is 18.1 Å². The molecule has 0 saturated heterocycles. The number of benzene rings is 4. The van der Waals surface area contributed by atoms with Gasteiger partial charge in [0.1, 0.15) is 12.6 Å². The van der Waals surface area contributed by atoms with Crippen molar-refractivity contribution < 1.29 is 18.0 Å². The average Bonchev–Trinajstić information content (AvgIpc) is 2.94. The molecule has 4 aromatic carbocycles. The van der Waals surface area contributed by atoms with Gasteiger partial charge in [0.2, 0.25) is 21.8 Å². The van der Waals surface area contributed by atoms with Crippen LogP contribution in [0.15, 0.2) is 97.1 Å². The molecule has 0 fully saturated rings. The zero-order valence-corrected chi connectivity index (χ0v) is 24.0. The van der Waals surface area contributed by atoms with Crippen LogP contribution >= 0.6 is 11.6 Å². The number of rotatable bonds is 11. The Bertz CT molecular complexity index is 1590. The minimum Gasteiger partial charge on any atom is -0.355 e. The van der Waals surface area contributed by atoms with Gasteiger partial charge in [-0.3, -0.25) is 13.9 Å². The number of amides is 2. The first kappa shape index (κ1) is 29.1. The third-order valence-corrected chi connectivity index (χ3v) is 8.13. The topological polar surface area (TPSA) is 86.8 Å². The van der Waals surface area contributed by atoms with E-state index in [1.165, 1.54) is 4.90 Å². The quantitative estimate of drug-likeness (QED) is 0.271. The zero-order chi connectivity index (χ0) is 28.7. The van der Waals surface area contributed by atoms with E-state index in [4.69, 9.17) is 11.6 Å². The highest BCUT2D eigenvalue weighted by Gasteiger charge is 2.33. The van der Waals surface area contributed by atoms with E-state index in [9.17, 15) is 18.0 Å². The molecule has 7 nitrogen and oxygen atoms in total. The Hall–Kier alpha value is -3.88. The minimum absolute atomic E-state index is 0.0281. The van der Waals surface area contributed by atoms with Crippen LogP contribution in [0, 0.1) is 0 Å². The Balaban J connectivity index is 1.78. The molecule has 0 spiro atoms. The second kappa shape index (κ2) is 13.0. The fourth-order valence-corrected chi connectivity index (χ4v) is 5.73. The molecule has 0 aliphatic rings. The van der Waals surface area contributed by atoms with Crippen molar-refractivity contribution in [2.45, 2.75) is 25.9 Å². The van der Waals surface area contributed by atoms with Crippen molar-refractivity contribution in [2.75, 3.05) is 23.7 Å². The molecule has 0 saturated carbocycles. The molecular formula is C31H32ClN3O4S. The third kappa shape index (κ3) is 7.00. The Morgan fingerprint density at radius 1 is 0.875 bits per heavy atom. The summed E-state index contributed by atoms with van der Waals surface area (Å²) in [6.07, 6.45) is 1.32. The third-order valence-electron chi connectivity index (χ3n) is 6.64. The summed E-state index contributed by atoms with van der Waals surface area (Å²) >= 11 is 6.47. The largest absolute Gasteiger partial charge is 0.355 e. The lowest BCUT2D eigenvalue weighted by molar-refractivity contribution is -0.140. The Kier molecular flexibility index (Phi) is 9.45. The molecule has 0 aromatic heterocycles. The molecule has 0 bridgehead atoms. The number of hydrogen-bond acceptors (Lipinski definition) is 4. The molecule has 0 aliphatic carbocycles. The summed E-state index contributed by atoms with van der Waals surface area (Å²) in [6.45, 7) is 1.73. The molecular weight excluding hydrogens is 546 g/mol.